The Morgan fingerprint density at radius 1 is 1.21 bits per heavy atom. The highest BCUT2D eigenvalue weighted by Crippen LogP contribution is 2.34. The number of nitrogens with zero attached hydrogens (tertiary/aromatic N) is 1. The molecule has 2 atom stereocenters. The minimum absolute atomic E-state index is 0.0444. The number of anilines is 1. The zero-order valence-corrected chi connectivity index (χ0v) is 17.4. The van der Waals surface area contributed by atoms with Gasteiger partial charge in [0, 0.05) is 12.2 Å². The maximum absolute atomic E-state index is 13.0. The van der Waals surface area contributed by atoms with Gasteiger partial charge in [0.1, 0.15) is 11.6 Å². The largest absolute Gasteiger partial charge is 0.497 e. The molecule has 1 fully saturated rings. The summed E-state index contributed by atoms with van der Waals surface area (Å²) in [6, 6.07) is 13.5. The van der Waals surface area contributed by atoms with Gasteiger partial charge in [-0.1, -0.05) is 12.1 Å². The van der Waals surface area contributed by atoms with Crippen LogP contribution in [0.15, 0.2) is 48.5 Å². The number of nitrogens with one attached hydrogen (secondary N) is 1. The van der Waals surface area contributed by atoms with Crippen molar-refractivity contribution in [3.8, 4) is 5.75 Å². The molecule has 1 saturated heterocycles. The smallest absolute Gasteiger partial charge is 0.235 e. The Hall–Kier alpha value is -2.54. The molecule has 154 valence electrons. The van der Waals surface area contributed by atoms with Crippen molar-refractivity contribution in [2.45, 2.75) is 31.1 Å². The average Bonchev–Trinajstić information content (AvgIpc) is 3.23. The molecule has 0 radical (unpaired) electrons. The molecule has 0 bridgehead atoms. The Balaban J connectivity index is 1.54. The van der Waals surface area contributed by atoms with Gasteiger partial charge in [0.2, 0.25) is 11.8 Å². The molecule has 1 aliphatic heterocycles. The molecule has 0 spiro atoms. The Morgan fingerprint density at radius 3 is 2.55 bits per heavy atom. The highest BCUT2D eigenvalue weighted by atomic mass is 32.2. The first-order valence-corrected chi connectivity index (χ1v) is 10.6. The number of hydrogen-bond acceptors (Lipinski definition) is 4. The number of rotatable bonds is 7. The van der Waals surface area contributed by atoms with Crippen LogP contribution in [-0.2, 0) is 9.59 Å². The number of carbonyl (C=O) groups excluding carboxylic acids is 2. The first-order valence-electron chi connectivity index (χ1n) is 9.59. The normalized spacial score (nSPS) is 17.1. The minimum atomic E-state index is -0.353. The van der Waals surface area contributed by atoms with E-state index in [2.05, 4.69) is 5.32 Å². The molecular weight excluding hydrogens is 391 g/mol. The Labute approximate surface area is 174 Å². The summed E-state index contributed by atoms with van der Waals surface area (Å²) >= 11 is 1.31. The van der Waals surface area contributed by atoms with E-state index in [-0.39, 0.29) is 34.7 Å². The summed E-state index contributed by atoms with van der Waals surface area (Å²) in [6.07, 6.45) is 1.89. The van der Waals surface area contributed by atoms with Crippen LogP contribution in [0.4, 0.5) is 10.1 Å². The molecule has 2 aromatic rings. The van der Waals surface area contributed by atoms with E-state index >= 15 is 0 Å². The van der Waals surface area contributed by atoms with Crippen molar-refractivity contribution < 1.29 is 18.7 Å². The number of benzene rings is 2. The van der Waals surface area contributed by atoms with E-state index in [9.17, 15) is 14.0 Å². The van der Waals surface area contributed by atoms with Gasteiger partial charge in [-0.05, 0) is 61.7 Å². The van der Waals surface area contributed by atoms with E-state index in [1.165, 1.54) is 36.0 Å². The first-order chi connectivity index (χ1) is 14.0. The molecule has 0 aliphatic carbocycles. The molecule has 29 heavy (non-hydrogen) atoms. The Bertz CT molecular complexity index is 842. The third kappa shape index (κ3) is 5.50. The molecule has 2 amide bonds. The number of amides is 2. The lowest BCUT2D eigenvalue weighted by Crippen LogP contribution is -2.36. The van der Waals surface area contributed by atoms with E-state index in [1.807, 2.05) is 36.1 Å². The van der Waals surface area contributed by atoms with Gasteiger partial charge in [-0.15, -0.1) is 11.8 Å². The topological polar surface area (TPSA) is 58.6 Å². The lowest BCUT2D eigenvalue weighted by molar-refractivity contribution is -0.131. The van der Waals surface area contributed by atoms with Gasteiger partial charge in [0.05, 0.1) is 24.2 Å². The molecule has 3 rings (SSSR count). The highest BCUT2D eigenvalue weighted by molar-refractivity contribution is 8.01. The zero-order valence-electron chi connectivity index (χ0n) is 16.6. The van der Waals surface area contributed by atoms with Crippen LogP contribution in [0.5, 0.6) is 5.75 Å². The van der Waals surface area contributed by atoms with Crippen molar-refractivity contribution in [2.75, 3.05) is 24.7 Å². The number of ether oxygens (including phenoxy) is 1. The van der Waals surface area contributed by atoms with E-state index in [0.717, 1.165) is 30.7 Å². The van der Waals surface area contributed by atoms with E-state index in [1.54, 1.807) is 7.11 Å². The second-order valence-electron chi connectivity index (χ2n) is 6.97. The molecule has 5 nitrogen and oxygen atoms in total. The number of likely N-dealkylation sites (tertiary alicyclic amines) is 1. The van der Waals surface area contributed by atoms with Crippen molar-refractivity contribution in [3.05, 3.63) is 59.9 Å². The summed E-state index contributed by atoms with van der Waals surface area (Å²) in [5.41, 5.74) is 1.64. The second kappa shape index (κ2) is 9.78. The zero-order chi connectivity index (χ0) is 20.8. The van der Waals surface area contributed by atoms with Crippen molar-refractivity contribution in [3.63, 3.8) is 0 Å². The fraction of sp³-hybridized carbons (Fsp3) is 0.364. The number of carbonyl (C=O) groups is 2. The van der Waals surface area contributed by atoms with Gasteiger partial charge >= 0.3 is 0 Å². The first kappa shape index (κ1) is 21.2. The Morgan fingerprint density at radius 2 is 1.90 bits per heavy atom. The van der Waals surface area contributed by atoms with Crippen molar-refractivity contribution >= 4 is 29.3 Å². The maximum atomic E-state index is 13.0. The van der Waals surface area contributed by atoms with Gasteiger partial charge < -0.3 is 15.0 Å². The van der Waals surface area contributed by atoms with Gasteiger partial charge in [-0.3, -0.25) is 9.59 Å². The van der Waals surface area contributed by atoms with Crippen molar-refractivity contribution in [1.29, 1.82) is 0 Å². The molecule has 2 aromatic carbocycles. The molecule has 2 unspecified atom stereocenters. The monoisotopic (exact) mass is 416 g/mol. The van der Waals surface area contributed by atoms with Gasteiger partial charge in [0.25, 0.3) is 0 Å². The predicted molar refractivity (Wildman–Crippen MR) is 114 cm³/mol. The average molecular weight is 417 g/mol. The van der Waals surface area contributed by atoms with Gasteiger partial charge in [0.15, 0.2) is 0 Å². The SMILES string of the molecule is COc1ccc(C2CCCN2C(=O)C(C)SCC(=O)Nc2ccc(F)cc2)cc1. The molecular formula is C22H25FN2O3S. The summed E-state index contributed by atoms with van der Waals surface area (Å²) in [6.45, 7) is 2.56. The molecule has 0 saturated carbocycles. The molecule has 0 aromatic heterocycles. The quantitative estimate of drug-likeness (QED) is 0.733. The van der Waals surface area contributed by atoms with Crippen LogP contribution in [0.25, 0.3) is 0 Å². The van der Waals surface area contributed by atoms with Gasteiger partial charge in [-0.2, -0.15) is 0 Å². The van der Waals surface area contributed by atoms with Crippen LogP contribution < -0.4 is 10.1 Å². The fourth-order valence-electron chi connectivity index (χ4n) is 3.44. The lowest BCUT2D eigenvalue weighted by atomic mass is 10.0. The van der Waals surface area contributed by atoms with Crippen molar-refractivity contribution in [2.24, 2.45) is 0 Å². The highest BCUT2D eigenvalue weighted by Gasteiger charge is 2.32. The number of hydrogen-bond donors (Lipinski definition) is 1. The van der Waals surface area contributed by atoms with Crippen LogP contribution >= 0.6 is 11.8 Å². The standard InChI is InChI=1S/C22H25FN2O3S/c1-15(29-14-21(26)24-18-9-7-17(23)8-10-18)22(27)25-13-3-4-20(25)16-5-11-19(28-2)12-6-16/h5-12,15,20H,3-4,13-14H2,1-2H3,(H,24,26). The summed E-state index contributed by atoms with van der Waals surface area (Å²) in [7, 11) is 1.63. The van der Waals surface area contributed by atoms with Crippen LogP contribution in [0.2, 0.25) is 0 Å². The lowest BCUT2D eigenvalue weighted by Gasteiger charge is -2.27. The van der Waals surface area contributed by atoms with E-state index in [4.69, 9.17) is 4.74 Å². The molecule has 7 heteroatoms. The molecule has 1 N–H and O–H groups in total. The second-order valence-corrected chi connectivity index (χ2v) is 8.30. The third-order valence-corrected chi connectivity index (χ3v) is 6.11. The van der Waals surface area contributed by atoms with Crippen molar-refractivity contribution in [1.82, 2.24) is 4.90 Å². The number of thioether (sulfide) groups is 1. The summed E-state index contributed by atoms with van der Waals surface area (Å²) in [4.78, 5) is 27.0. The summed E-state index contributed by atoms with van der Waals surface area (Å²) in [5, 5.41) is 2.39. The third-order valence-electron chi connectivity index (χ3n) is 4.98. The number of halogens is 1. The Kier molecular flexibility index (Phi) is 7.14. The van der Waals surface area contributed by atoms with Gasteiger partial charge in [-0.25, -0.2) is 4.39 Å². The van der Waals surface area contributed by atoms with Crippen LogP contribution in [0.1, 0.15) is 31.4 Å². The minimum Gasteiger partial charge on any atom is -0.497 e. The summed E-state index contributed by atoms with van der Waals surface area (Å²) in [5.74, 6) is 0.428. The van der Waals surface area contributed by atoms with Crippen LogP contribution in [-0.4, -0.2) is 41.4 Å². The predicted octanol–water partition coefficient (Wildman–Crippen LogP) is 4.26. The van der Waals surface area contributed by atoms with E-state index in [0.29, 0.717) is 5.69 Å². The molecule has 1 aliphatic rings. The van der Waals surface area contributed by atoms with Crippen LogP contribution in [0, 0.1) is 5.82 Å². The molecule has 1 heterocycles. The summed E-state index contributed by atoms with van der Waals surface area (Å²) < 4.78 is 18.1. The fourth-order valence-corrected chi connectivity index (χ4v) is 4.19. The van der Waals surface area contributed by atoms with E-state index < -0.39 is 0 Å². The maximum Gasteiger partial charge on any atom is 0.235 e. The van der Waals surface area contributed by atoms with Crippen LogP contribution in [0.3, 0.4) is 0 Å². The number of methoxy groups -OCH3 is 1.